The zero-order chi connectivity index (χ0) is 20.1. The van der Waals surface area contributed by atoms with Crippen LogP contribution in [0.3, 0.4) is 0 Å². The predicted octanol–water partition coefficient (Wildman–Crippen LogP) is 2.08. The molecular formula is C21H25FN6O. The van der Waals surface area contributed by atoms with Gasteiger partial charge in [0.25, 0.3) is 0 Å². The topological polar surface area (TPSA) is 77.3 Å². The average Bonchev–Trinajstić information content (AvgIpc) is 2.79. The van der Waals surface area contributed by atoms with Crippen LogP contribution in [0.1, 0.15) is 24.0 Å². The summed E-state index contributed by atoms with van der Waals surface area (Å²) in [5, 5.41) is 12.5. The molecule has 1 N–H and O–H groups in total. The molecule has 4 rings (SSSR count). The Morgan fingerprint density at radius 1 is 1.17 bits per heavy atom. The summed E-state index contributed by atoms with van der Waals surface area (Å²) in [5.74, 6) is 0.411. The highest BCUT2D eigenvalue weighted by Crippen LogP contribution is 2.24. The van der Waals surface area contributed by atoms with Gasteiger partial charge >= 0.3 is 0 Å². The van der Waals surface area contributed by atoms with E-state index in [9.17, 15) is 4.39 Å². The number of rotatable bonds is 5. The summed E-state index contributed by atoms with van der Waals surface area (Å²) in [6.07, 6.45) is 5.77. The van der Waals surface area contributed by atoms with Crippen molar-refractivity contribution in [2.45, 2.75) is 25.4 Å². The van der Waals surface area contributed by atoms with E-state index in [1.165, 1.54) is 6.07 Å². The summed E-state index contributed by atoms with van der Waals surface area (Å²) in [7, 11) is 0. The van der Waals surface area contributed by atoms with Crippen LogP contribution in [0, 0.1) is 17.1 Å². The molecule has 8 heteroatoms. The third-order valence-corrected chi connectivity index (χ3v) is 5.42. The number of ether oxygens (including phenoxy) is 1. The minimum Gasteiger partial charge on any atom is -0.378 e. The Bertz CT molecular complexity index is 862. The number of halogens is 1. The monoisotopic (exact) mass is 396 g/mol. The molecule has 7 nitrogen and oxygen atoms in total. The molecule has 0 amide bonds. The van der Waals surface area contributed by atoms with Crippen LogP contribution in [-0.4, -0.2) is 55.4 Å². The first kappa shape index (κ1) is 19.6. The Morgan fingerprint density at radius 2 is 1.97 bits per heavy atom. The standard InChI is InChI=1S/C21H25FN6O/c22-19-10-16(11-23)3-4-20(19)28-5-1-2-18(15-28)24-12-17-13-25-21(26-14-17)27-6-8-29-9-7-27/h3-4,10,13-14,18,24H,1-2,5-9,12,15H2/t18-/m0/s1. The van der Waals surface area contributed by atoms with E-state index in [0.29, 0.717) is 31.0 Å². The maximum atomic E-state index is 14.3. The fraction of sp³-hybridized carbons (Fsp3) is 0.476. The number of benzene rings is 1. The second-order valence-corrected chi connectivity index (χ2v) is 7.43. The fourth-order valence-electron chi connectivity index (χ4n) is 3.82. The van der Waals surface area contributed by atoms with Gasteiger partial charge in [0, 0.05) is 56.7 Å². The van der Waals surface area contributed by atoms with Crippen molar-refractivity contribution in [1.82, 2.24) is 15.3 Å². The number of nitrogens with one attached hydrogen (secondary N) is 1. The van der Waals surface area contributed by atoms with E-state index in [4.69, 9.17) is 10.00 Å². The zero-order valence-corrected chi connectivity index (χ0v) is 16.4. The molecule has 152 valence electrons. The van der Waals surface area contributed by atoms with Crippen molar-refractivity contribution in [2.75, 3.05) is 49.2 Å². The molecule has 29 heavy (non-hydrogen) atoms. The largest absolute Gasteiger partial charge is 0.378 e. The Kier molecular flexibility index (Phi) is 6.17. The molecule has 1 atom stereocenters. The van der Waals surface area contributed by atoms with Crippen LogP contribution in [0.25, 0.3) is 0 Å². The van der Waals surface area contributed by atoms with E-state index in [1.54, 1.807) is 12.1 Å². The van der Waals surface area contributed by atoms with Crippen molar-refractivity contribution in [1.29, 1.82) is 5.26 Å². The Morgan fingerprint density at radius 3 is 2.69 bits per heavy atom. The van der Waals surface area contributed by atoms with Crippen molar-refractivity contribution in [3.8, 4) is 6.07 Å². The molecule has 0 saturated carbocycles. The van der Waals surface area contributed by atoms with Gasteiger partial charge < -0.3 is 19.9 Å². The third-order valence-electron chi connectivity index (χ3n) is 5.42. The van der Waals surface area contributed by atoms with Gasteiger partial charge in [-0.1, -0.05) is 0 Å². The quantitative estimate of drug-likeness (QED) is 0.829. The highest BCUT2D eigenvalue weighted by Gasteiger charge is 2.22. The van der Waals surface area contributed by atoms with Crippen LogP contribution in [0.5, 0.6) is 0 Å². The number of nitrogens with zero attached hydrogens (tertiary/aromatic N) is 5. The molecule has 2 aliphatic rings. The van der Waals surface area contributed by atoms with Gasteiger partial charge in [-0.2, -0.15) is 5.26 Å². The molecule has 1 aromatic heterocycles. The SMILES string of the molecule is N#Cc1ccc(N2CCC[C@H](NCc3cnc(N4CCOCC4)nc3)C2)c(F)c1. The Balaban J connectivity index is 1.32. The number of hydrogen-bond acceptors (Lipinski definition) is 7. The number of hydrogen-bond donors (Lipinski definition) is 1. The predicted molar refractivity (Wildman–Crippen MR) is 108 cm³/mol. The molecule has 2 fully saturated rings. The minimum atomic E-state index is -0.336. The molecule has 1 aromatic carbocycles. The van der Waals surface area contributed by atoms with Gasteiger partial charge in [-0.05, 0) is 31.0 Å². The lowest BCUT2D eigenvalue weighted by molar-refractivity contribution is 0.122. The van der Waals surface area contributed by atoms with Crippen molar-refractivity contribution in [3.63, 3.8) is 0 Å². The molecule has 0 unspecified atom stereocenters. The summed E-state index contributed by atoms with van der Waals surface area (Å²) in [5.41, 5.74) is 1.94. The van der Waals surface area contributed by atoms with Crippen molar-refractivity contribution in [3.05, 3.63) is 47.5 Å². The molecule has 0 aliphatic carbocycles. The smallest absolute Gasteiger partial charge is 0.225 e. The first-order chi connectivity index (χ1) is 14.2. The van der Waals surface area contributed by atoms with Crippen LogP contribution in [0.4, 0.5) is 16.0 Å². The highest BCUT2D eigenvalue weighted by atomic mass is 19.1. The number of nitriles is 1. The molecule has 0 radical (unpaired) electrons. The van der Waals surface area contributed by atoms with Crippen molar-refractivity contribution < 1.29 is 9.13 Å². The third kappa shape index (κ3) is 4.81. The minimum absolute atomic E-state index is 0.262. The molecule has 3 heterocycles. The van der Waals surface area contributed by atoms with E-state index >= 15 is 0 Å². The molecular weight excluding hydrogens is 371 g/mol. The van der Waals surface area contributed by atoms with Gasteiger partial charge in [0.1, 0.15) is 5.82 Å². The molecule has 0 spiro atoms. The normalized spacial score (nSPS) is 19.8. The van der Waals surface area contributed by atoms with Crippen LogP contribution < -0.4 is 15.1 Å². The van der Waals surface area contributed by atoms with Gasteiger partial charge in [-0.25, -0.2) is 14.4 Å². The van der Waals surface area contributed by atoms with Crippen LogP contribution >= 0.6 is 0 Å². The molecule has 2 aromatic rings. The van der Waals surface area contributed by atoms with E-state index in [-0.39, 0.29) is 11.9 Å². The Hall–Kier alpha value is -2.76. The lowest BCUT2D eigenvalue weighted by Crippen LogP contribution is -2.45. The summed E-state index contributed by atoms with van der Waals surface area (Å²) >= 11 is 0. The van der Waals surface area contributed by atoms with Gasteiger partial charge in [-0.3, -0.25) is 0 Å². The first-order valence-corrected chi connectivity index (χ1v) is 10.0. The Labute approximate surface area is 170 Å². The maximum Gasteiger partial charge on any atom is 0.225 e. The lowest BCUT2D eigenvalue weighted by Gasteiger charge is -2.35. The maximum absolute atomic E-state index is 14.3. The number of morpholine rings is 1. The summed E-state index contributed by atoms with van der Waals surface area (Å²) in [6.45, 7) is 5.30. The zero-order valence-electron chi connectivity index (χ0n) is 16.4. The fourth-order valence-corrected chi connectivity index (χ4v) is 3.82. The number of aromatic nitrogens is 2. The van der Waals surface area contributed by atoms with Gasteiger partial charge in [-0.15, -0.1) is 0 Å². The van der Waals surface area contributed by atoms with Crippen LogP contribution in [0.15, 0.2) is 30.6 Å². The second kappa shape index (κ2) is 9.16. The van der Waals surface area contributed by atoms with Crippen LogP contribution in [-0.2, 0) is 11.3 Å². The lowest BCUT2D eigenvalue weighted by atomic mass is 10.0. The number of anilines is 2. The molecule has 2 aliphatic heterocycles. The van der Waals surface area contributed by atoms with E-state index in [0.717, 1.165) is 50.5 Å². The van der Waals surface area contributed by atoms with E-state index < -0.39 is 0 Å². The highest BCUT2D eigenvalue weighted by molar-refractivity contribution is 5.51. The van der Waals surface area contributed by atoms with E-state index in [2.05, 4.69) is 25.1 Å². The first-order valence-electron chi connectivity index (χ1n) is 10.0. The van der Waals surface area contributed by atoms with Crippen LogP contribution in [0.2, 0.25) is 0 Å². The number of piperidine rings is 1. The summed E-state index contributed by atoms with van der Waals surface area (Å²) in [4.78, 5) is 13.2. The van der Waals surface area contributed by atoms with E-state index in [1.807, 2.05) is 18.5 Å². The molecule has 0 bridgehead atoms. The van der Waals surface area contributed by atoms with Crippen molar-refractivity contribution in [2.24, 2.45) is 0 Å². The molecule has 2 saturated heterocycles. The van der Waals surface area contributed by atoms with Gasteiger partial charge in [0.05, 0.1) is 30.5 Å². The average molecular weight is 396 g/mol. The summed E-state index contributed by atoms with van der Waals surface area (Å²) in [6, 6.07) is 6.92. The van der Waals surface area contributed by atoms with Gasteiger partial charge in [0.2, 0.25) is 5.95 Å². The van der Waals surface area contributed by atoms with Crippen molar-refractivity contribution >= 4 is 11.6 Å². The van der Waals surface area contributed by atoms with Gasteiger partial charge in [0.15, 0.2) is 0 Å². The second-order valence-electron chi connectivity index (χ2n) is 7.43. The summed E-state index contributed by atoms with van der Waals surface area (Å²) < 4.78 is 19.7.